The van der Waals surface area contributed by atoms with E-state index < -0.39 is 5.82 Å². The minimum atomic E-state index is -0.564. The summed E-state index contributed by atoms with van der Waals surface area (Å²) < 4.78 is 19.2. The quantitative estimate of drug-likeness (QED) is 0.645. The molecule has 0 aliphatic rings. The van der Waals surface area contributed by atoms with Crippen molar-refractivity contribution >= 4 is 5.84 Å². The Balaban J connectivity index is 2.30. The molecule has 92 valence electrons. The Morgan fingerprint density at radius 2 is 2.11 bits per heavy atom. The van der Waals surface area contributed by atoms with E-state index in [0.29, 0.717) is 17.0 Å². The maximum absolute atomic E-state index is 13.7. The van der Waals surface area contributed by atoms with Crippen molar-refractivity contribution in [3.63, 3.8) is 0 Å². The van der Waals surface area contributed by atoms with Gasteiger partial charge in [0.1, 0.15) is 11.6 Å². The second-order valence-electron chi connectivity index (χ2n) is 3.75. The van der Waals surface area contributed by atoms with Gasteiger partial charge in [-0.2, -0.15) is 0 Å². The van der Waals surface area contributed by atoms with Gasteiger partial charge in [0.15, 0.2) is 11.6 Å². The monoisotopic (exact) mass is 245 g/mol. The van der Waals surface area contributed by atoms with Crippen molar-refractivity contribution in [3.8, 4) is 11.5 Å². The molecule has 3 N–H and O–H groups in total. The topological polar surface area (TPSA) is 72.0 Å². The summed E-state index contributed by atoms with van der Waals surface area (Å²) in [6, 6.07) is 7.57. The Kier molecular flexibility index (Phi) is 3.23. The Morgan fingerprint density at radius 3 is 2.72 bits per heavy atom. The van der Waals surface area contributed by atoms with Crippen molar-refractivity contribution in [2.75, 3.05) is 0 Å². The lowest BCUT2D eigenvalue weighted by atomic mass is 10.2. The van der Waals surface area contributed by atoms with Gasteiger partial charge in [-0.1, -0.05) is 0 Å². The molecule has 0 radical (unpaired) electrons. The van der Waals surface area contributed by atoms with Crippen LogP contribution in [-0.4, -0.2) is 10.8 Å². The van der Waals surface area contributed by atoms with E-state index in [1.165, 1.54) is 18.2 Å². The molecule has 1 aromatic carbocycles. The van der Waals surface area contributed by atoms with E-state index in [2.05, 4.69) is 4.98 Å². The van der Waals surface area contributed by atoms with Crippen LogP contribution in [0.25, 0.3) is 0 Å². The SMILES string of the molecule is Cc1ncccc1Oc1ccc(C(=N)N)cc1F. The molecule has 1 heterocycles. The number of hydrogen-bond donors (Lipinski definition) is 2. The number of nitrogen functional groups attached to an aromatic ring is 1. The van der Waals surface area contributed by atoms with Crippen molar-refractivity contribution < 1.29 is 9.13 Å². The standard InChI is InChI=1S/C13H12FN3O/c1-8-11(3-2-6-17-8)18-12-5-4-9(13(15)16)7-10(12)14/h2-7H,1H3,(H3,15,16). The lowest BCUT2D eigenvalue weighted by Crippen LogP contribution is -2.11. The van der Waals surface area contributed by atoms with Crippen LogP contribution in [0.1, 0.15) is 11.3 Å². The van der Waals surface area contributed by atoms with E-state index >= 15 is 0 Å². The van der Waals surface area contributed by atoms with Crippen molar-refractivity contribution in [2.24, 2.45) is 5.73 Å². The summed E-state index contributed by atoms with van der Waals surface area (Å²) in [5, 5.41) is 7.22. The number of nitrogens with zero attached hydrogens (tertiary/aromatic N) is 1. The van der Waals surface area contributed by atoms with Crippen LogP contribution in [0.5, 0.6) is 11.5 Å². The van der Waals surface area contributed by atoms with E-state index in [1.807, 2.05) is 0 Å². The summed E-state index contributed by atoms with van der Waals surface area (Å²) in [7, 11) is 0. The number of amidine groups is 1. The first-order valence-corrected chi connectivity index (χ1v) is 5.31. The number of nitrogens with one attached hydrogen (secondary N) is 1. The highest BCUT2D eigenvalue weighted by Gasteiger charge is 2.09. The summed E-state index contributed by atoms with van der Waals surface area (Å²) in [5.74, 6) is -0.174. The molecular weight excluding hydrogens is 233 g/mol. The Hall–Kier alpha value is -2.43. The molecule has 0 saturated carbocycles. The van der Waals surface area contributed by atoms with E-state index in [9.17, 15) is 4.39 Å². The van der Waals surface area contributed by atoms with Gasteiger partial charge in [0.25, 0.3) is 0 Å². The molecule has 2 rings (SSSR count). The molecule has 0 bridgehead atoms. The number of aromatic nitrogens is 1. The van der Waals surface area contributed by atoms with Gasteiger partial charge >= 0.3 is 0 Å². The summed E-state index contributed by atoms with van der Waals surface area (Å²) in [6.45, 7) is 1.77. The number of rotatable bonds is 3. The molecule has 0 atom stereocenters. The van der Waals surface area contributed by atoms with E-state index in [4.69, 9.17) is 15.9 Å². The molecule has 4 nitrogen and oxygen atoms in total. The number of hydrogen-bond acceptors (Lipinski definition) is 3. The second kappa shape index (κ2) is 4.83. The normalized spacial score (nSPS) is 10.1. The first kappa shape index (κ1) is 12.0. The number of pyridine rings is 1. The van der Waals surface area contributed by atoms with E-state index in [-0.39, 0.29) is 11.6 Å². The van der Waals surface area contributed by atoms with Crippen LogP contribution in [0, 0.1) is 18.2 Å². The summed E-state index contributed by atoms with van der Waals surface area (Å²) in [5.41, 5.74) is 6.27. The molecular formula is C13H12FN3O. The first-order chi connectivity index (χ1) is 8.58. The average Bonchev–Trinajstić information content (AvgIpc) is 2.34. The van der Waals surface area contributed by atoms with Crippen LogP contribution in [0.2, 0.25) is 0 Å². The summed E-state index contributed by atoms with van der Waals surface area (Å²) in [6.07, 6.45) is 1.64. The van der Waals surface area contributed by atoms with Crippen LogP contribution < -0.4 is 10.5 Å². The van der Waals surface area contributed by atoms with Gasteiger partial charge in [-0.25, -0.2) is 4.39 Å². The maximum Gasteiger partial charge on any atom is 0.166 e. The number of halogens is 1. The molecule has 2 aromatic rings. The van der Waals surface area contributed by atoms with Gasteiger partial charge in [0, 0.05) is 11.8 Å². The Morgan fingerprint density at radius 1 is 1.33 bits per heavy atom. The minimum absolute atomic E-state index is 0.0797. The Labute approximate surface area is 104 Å². The number of ether oxygens (including phenoxy) is 1. The van der Waals surface area contributed by atoms with Crippen molar-refractivity contribution in [3.05, 3.63) is 53.6 Å². The van der Waals surface area contributed by atoms with Gasteiger partial charge in [-0.3, -0.25) is 10.4 Å². The van der Waals surface area contributed by atoms with Crippen LogP contribution in [0.3, 0.4) is 0 Å². The zero-order chi connectivity index (χ0) is 13.1. The zero-order valence-corrected chi connectivity index (χ0v) is 9.77. The highest BCUT2D eigenvalue weighted by molar-refractivity contribution is 5.95. The molecule has 0 saturated heterocycles. The number of benzene rings is 1. The van der Waals surface area contributed by atoms with Gasteiger partial charge in [0.05, 0.1) is 5.69 Å². The molecule has 0 fully saturated rings. The molecule has 5 heteroatoms. The fourth-order valence-corrected chi connectivity index (χ4v) is 1.45. The van der Waals surface area contributed by atoms with Crippen molar-refractivity contribution in [1.29, 1.82) is 5.41 Å². The molecule has 0 amide bonds. The molecule has 1 aromatic heterocycles. The van der Waals surface area contributed by atoms with E-state index in [1.54, 1.807) is 25.3 Å². The predicted molar refractivity (Wildman–Crippen MR) is 66.5 cm³/mol. The smallest absolute Gasteiger partial charge is 0.166 e. The van der Waals surface area contributed by atoms with Gasteiger partial charge in [-0.05, 0) is 37.3 Å². The van der Waals surface area contributed by atoms with Crippen LogP contribution in [0.4, 0.5) is 4.39 Å². The minimum Gasteiger partial charge on any atom is -0.452 e. The molecule has 0 aliphatic carbocycles. The van der Waals surface area contributed by atoms with Gasteiger partial charge in [-0.15, -0.1) is 0 Å². The highest BCUT2D eigenvalue weighted by Crippen LogP contribution is 2.26. The average molecular weight is 245 g/mol. The van der Waals surface area contributed by atoms with Crippen molar-refractivity contribution in [1.82, 2.24) is 4.98 Å². The van der Waals surface area contributed by atoms with Crippen molar-refractivity contribution in [2.45, 2.75) is 6.92 Å². The third kappa shape index (κ3) is 2.45. The largest absolute Gasteiger partial charge is 0.452 e. The number of nitrogens with two attached hydrogens (primary N) is 1. The highest BCUT2D eigenvalue weighted by atomic mass is 19.1. The fourth-order valence-electron chi connectivity index (χ4n) is 1.45. The van der Waals surface area contributed by atoms with Crippen LogP contribution in [0.15, 0.2) is 36.5 Å². The maximum atomic E-state index is 13.7. The lowest BCUT2D eigenvalue weighted by molar-refractivity contribution is 0.437. The summed E-state index contributed by atoms with van der Waals surface area (Å²) >= 11 is 0. The second-order valence-corrected chi connectivity index (χ2v) is 3.75. The fraction of sp³-hybridized carbons (Fsp3) is 0.0769. The molecule has 0 aliphatic heterocycles. The van der Waals surface area contributed by atoms with Gasteiger partial charge in [0.2, 0.25) is 0 Å². The Bertz CT molecular complexity index is 599. The molecule has 0 spiro atoms. The third-order valence-electron chi connectivity index (χ3n) is 2.42. The third-order valence-corrected chi connectivity index (χ3v) is 2.42. The first-order valence-electron chi connectivity index (χ1n) is 5.31. The zero-order valence-electron chi connectivity index (χ0n) is 9.77. The lowest BCUT2D eigenvalue weighted by Gasteiger charge is -2.09. The van der Waals surface area contributed by atoms with Crippen LogP contribution >= 0.6 is 0 Å². The van der Waals surface area contributed by atoms with Crippen LogP contribution in [-0.2, 0) is 0 Å². The molecule has 18 heavy (non-hydrogen) atoms. The summed E-state index contributed by atoms with van der Waals surface area (Å²) in [4.78, 5) is 4.05. The molecule has 0 unspecified atom stereocenters. The van der Waals surface area contributed by atoms with E-state index in [0.717, 1.165) is 0 Å². The predicted octanol–water partition coefficient (Wildman–Crippen LogP) is 2.61. The number of aryl methyl sites for hydroxylation is 1. The van der Waals surface area contributed by atoms with Gasteiger partial charge < -0.3 is 10.5 Å².